The van der Waals surface area contributed by atoms with Gasteiger partial charge in [0.15, 0.2) is 5.65 Å². The van der Waals surface area contributed by atoms with E-state index in [2.05, 4.69) is 15.1 Å². The van der Waals surface area contributed by atoms with E-state index in [4.69, 9.17) is 32.7 Å². The van der Waals surface area contributed by atoms with Gasteiger partial charge < -0.3 is 15.2 Å². The topological polar surface area (TPSA) is 150 Å². The van der Waals surface area contributed by atoms with Crippen LogP contribution in [0.5, 0.6) is 0 Å². The van der Waals surface area contributed by atoms with Crippen molar-refractivity contribution >= 4 is 40.7 Å². The van der Waals surface area contributed by atoms with Crippen molar-refractivity contribution in [3.05, 3.63) is 46.1 Å². The van der Waals surface area contributed by atoms with E-state index in [9.17, 15) is 9.59 Å². The molecule has 0 spiro atoms. The molecule has 1 aliphatic rings. The van der Waals surface area contributed by atoms with Crippen LogP contribution in [0.15, 0.2) is 39.9 Å². The number of fused-ring (bicyclic) bond motifs is 1. The number of hydrogen-bond acceptors (Lipinski definition) is 10. The van der Waals surface area contributed by atoms with Crippen LogP contribution in [0.4, 0.5) is 5.82 Å². The smallest absolute Gasteiger partial charge is 0.310 e. The quantitative estimate of drug-likeness (QED) is 0.341. The van der Waals surface area contributed by atoms with Gasteiger partial charge in [0.1, 0.15) is 16.8 Å². The minimum absolute atomic E-state index is 0. The Hall–Kier alpha value is -3.44. The van der Waals surface area contributed by atoms with Gasteiger partial charge in [-0.05, 0) is 40.7 Å². The average molecular weight is 508 g/mol. The second-order valence-corrected chi connectivity index (χ2v) is 7.47. The van der Waals surface area contributed by atoms with E-state index in [0.29, 0.717) is 52.5 Å². The number of ether oxygens (including phenoxy) is 2. The maximum atomic E-state index is 11.5. The minimum Gasteiger partial charge on any atom is -0.466 e. The summed E-state index contributed by atoms with van der Waals surface area (Å²) in [5.41, 5.74) is 9.30. The zero-order valence-corrected chi connectivity index (χ0v) is 20.7. The van der Waals surface area contributed by atoms with Crippen LogP contribution < -0.4 is 11.6 Å². The lowest BCUT2D eigenvalue weighted by atomic mass is 10.1. The zero-order valence-electron chi connectivity index (χ0n) is 20.0. The van der Waals surface area contributed by atoms with E-state index in [1.807, 2.05) is 13.8 Å². The molecule has 0 atom stereocenters. The Morgan fingerprint density at radius 2 is 1.74 bits per heavy atom. The van der Waals surface area contributed by atoms with Gasteiger partial charge in [0.25, 0.3) is 0 Å². The van der Waals surface area contributed by atoms with Gasteiger partial charge in [-0.1, -0.05) is 19.0 Å². The van der Waals surface area contributed by atoms with Gasteiger partial charge in [-0.3, -0.25) is 14.6 Å². The van der Waals surface area contributed by atoms with E-state index in [1.54, 1.807) is 39.1 Å². The molecule has 192 valence electrons. The number of carbonyl (C=O) groups is 2. The number of allylic oxidation sites excluding steroid dienone is 1. The summed E-state index contributed by atoms with van der Waals surface area (Å²) in [6.45, 7) is 9.63. The first-order valence-electron chi connectivity index (χ1n) is 10.7. The van der Waals surface area contributed by atoms with Gasteiger partial charge in [0, 0.05) is 28.6 Å². The number of hydrogen-bond donors (Lipinski definition) is 2. The van der Waals surface area contributed by atoms with Gasteiger partial charge in [0.2, 0.25) is 0 Å². The highest BCUT2D eigenvalue weighted by atomic mass is 35.5. The molecule has 1 aliphatic heterocycles. The van der Waals surface area contributed by atoms with Gasteiger partial charge >= 0.3 is 11.9 Å². The molecule has 2 aromatic rings. The van der Waals surface area contributed by atoms with Crippen LogP contribution in [0.25, 0.3) is 5.65 Å². The van der Waals surface area contributed by atoms with E-state index >= 15 is 0 Å². The second kappa shape index (κ2) is 13.4. The maximum Gasteiger partial charge on any atom is 0.310 e. The minimum atomic E-state index is -0.340. The summed E-state index contributed by atoms with van der Waals surface area (Å²) in [6.07, 6.45) is 3.56. The first-order chi connectivity index (χ1) is 16.1. The van der Waals surface area contributed by atoms with Crippen molar-refractivity contribution in [3.63, 3.8) is 0 Å². The monoisotopic (exact) mass is 507 g/mol. The van der Waals surface area contributed by atoms with Crippen molar-refractivity contribution < 1.29 is 19.1 Å². The van der Waals surface area contributed by atoms with Gasteiger partial charge in [-0.2, -0.15) is 9.61 Å². The van der Waals surface area contributed by atoms with Crippen LogP contribution in [0, 0.1) is 6.92 Å². The summed E-state index contributed by atoms with van der Waals surface area (Å²) in [7, 11) is 0. The number of aromatic nitrogens is 3. The molecule has 12 heteroatoms. The fraction of sp³-hybridized carbons (Fsp3) is 0.435. The standard InChI is InChI=1S/C11H16ClN3O2.C11H14N4O2.CH4/c1-4-9-14-7(3)8(11(12)15(9)13)6-10(16)17-5-2;1-3-17-10(16)6-8-7(2)14-9-4-5-13-15(9)11(8)12;/h4H,5-6,13H2,1-3H3;4-5H,3,6,12H2,1-2H3;1H4/b9-4-;;. The Balaban J connectivity index is 0.000000340. The molecule has 0 aliphatic carbocycles. The highest BCUT2D eigenvalue weighted by Gasteiger charge is 2.23. The Morgan fingerprint density at radius 3 is 2.31 bits per heavy atom. The number of aryl methyl sites for hydroxylation is 1. The van der Waals surface area contributed by atoms with E-state index in [1.165, 1.54) is 9.52 Å². The third kappa shape index (κ3) is 7.27. The first-order valence-corrected chi connectivity index (χ1v) is 11.1. The normalized spacial score (nSPS) is 14.2. The number of nitrogens with two attached hydrogens (primary N) is 2. The number of carbonyl (C=O) groups excluding carboxylic acids is 2. The summed E-state index contributed by atoms with van der Waals surface area (Å²) in [5.74, 6) is 6.09. The number of rotatable bonds is 6. The number of hydrazine groups is 1. The fourth-order valence-corrected chi connectivity index (χ4v) is 3.43. The first kappa shape index (κ1) is 29.6. The number of nitrogens with zero attached hydrogens (tertiary/aromatic N) is 5. The molecule has 0 saturated heterocycles. The lowest BCUT2D eigenvalue weighted by Gasteiger charge is -2.25. The van der Waals surface area contributed by atoms with E-state index in [0.717, 1.165) is 5.69 Å². The average Bonchev–Trinajstić information content (AvgIpc) is 3.26. The predicted molar refractivity (Wildman–Crippen MR) is 136 cm³/mol. The number of anilines is 1. The SMILES string of the molecule is C.C/C=C1/N=C(C)C(CC(=O)OCC)=C(Cl)N1N.CCOC(=O)Cc1c(C)nc2ccnn2c1N. The molecular weight excluding hydrogens is 474 g/mol. The summed E-state index contributed by atoms with van der Waals surface area (Å²) in [4.78, 5) is 31.4. The second-order valence-electron chi connectivity index (χ2n) is 7.11. The van der Waals surface area contributed by atoms with Crippen molar-refractivity contribution in [3.8, 4) is 0 Å². The molecule has 0 amide bonds. The summed E-state index contributed by atoms with van der Waals surface area (Å²) in [5, 5.41) is 5.61. The predicted octanol–water partition coefficient (Wildman–Crippen LogP) is 3.26. The number of aliphatic imine (C=N–C) groups is 1. The van der Waals surface area contributed by atoms with Crippen LogP contribution >= 0.6 is 11.6 Å². The van der Waals surface area contributed by atoms with E-state index < -0.39 is 0 Å². The maximum absolute atomic E-state index is 11.5. The molecule has 0 aromatic carbocycles. The van der Waals surface area contributed by atoms with Crippen LogP contribution in [0.3, 0.4) is 0 Å². The molecular formula is C23H34ClN7O4. The molecule has 0 saturated carbocycles. The van der Waals surface area contributed by atoms with Gasteiger partial charge in [-0.15, -0.1) is 0 Å². The van der Waals surface area contributed by atoms with E-state index in [-0.39, 0.29) is 32.2 Å². The number of nitrogen functional groups attached to an aromatic ring is 1. The van der Waals surface area contributed by atoms with Crippen molar-refractivity contribution in [2.45, 2.75) is 54.9 Å². The summed E-state index contributed by atoms with van der Waals surface area (Å²) >= 11 is 6.10. The zero-order chi connectivity index (χ0) is 25.4. The third-order valence-corrected chi connectivity index (χ3v) is 5.23. The number of halogens is 1. The molecule has 0 unspecified atom stereocenters. The molecule has 0 fully saturated rings. The van der Waals surface area contributed by atoms with Gasteiger partial charge in [0.05, 0.1) is 32.3 Å². The Morgan fingerprint density at radius 1 is 1.14 bits per heavy atom. The molecule has 0 radical (unpaired) electrons. The highest BCUT2D eigenvalue weighted by molar-refractivity contribution is 6.32. The Kier molecular flexibility index (Phi) is 11.4. The lowest BCUT2D eigenvalue weighted by molar-refractivity contribution is -0.143. The van der Waals surface area contributed by atoms with Crippen molar-refractivity contribution in [1.29, 1.82) is 0 Å². The summed E-state index contributed by atoms with van der Waals surface area (Å²) < 4.78 is 11.3. The lowest BCUT2D eigenvalue weighted by Crippen LogP contribution is -2.32. The fourth-order valence-electron chi connectivity index (χ4n) is 3.14. The van der Waals surface area contributed by atoms with Crippen molar-refractivity contribution in [1.82, 2.24) is 19.6 Å². The molecule has 4 N–H and O–H groups in total. The van der Waals surface area contributed by atoms with Crippen molar-refractivity contribution in [2.75, 3.05) is 18.9 Å². The highest BCUT2D eigenvalue weighted by Crippen LogP contribution is 2.26. The molecule has 2 aromatic heterocycles. The third-order valence-electron chi connectivity index (χ3n) is 4.82. The van der Waals surface area contributed by atoms with Gasteiger partial charge in [-0.25, -0.2) is 15.8 Å². The molecule has 11 nitrogen and oxygen atoms in total. The molecule has 3 heterocycles. The van der Waals surface area contributed by atoms with Crippen LogP contribution in [-0.2, 0) is 25.5 Å². The van der Waals surface area contributed by atoms with Crippen molar-refractivity contribution in [2.24, 2.45) is 10.8 Å². The molecule has 0 bridgehead atoms. The Bertz CT molecular complexity index is 1150. The molecule has 3 rings (SSSR count). The largest absolute Gasteiger partial charge is 0.466 e. The van der Waals surface area contributed by atoms with Crippen LogP contribution in [0.2, 0.25) is 0 Å². The Labute approximate surface area is 210 Å². The van der Waals surface area contributed by atoms with Crippen LogP contribution in [-0.4, -0.2) is 50.5 Å². The summed E-state index contributed by atoms with van der Waals surface area (Å²) in [6, 6.07) is 1.76. The van der Waals surface area contributed by atoms with Crippen LogP contribution in [0.1, 0.15) is 52.8 Å². The number of esters is 2. The molecule has 35 heavy (non-hydrogen) atoms.